The quantitative estimate of drug-likeness (QED) is 0.528. The number of hydrogen-bond acceptors (Lipinski definition) is 5. The van der Waals surface area contributed by atoms with Gasteiger partial charge in [0, 0.05) is 3.57 Å². The molecule has 2 amide bonds. The first-order valence-corrected chi connectivity index (χ1v) is 9.25. The summed E-state index contributed by atoms with van der Waals surface area (Å²) in [5.74, 6) is 0.797. The highest BCUT2D eigenvalue weighted by atomic mass is 127. The van der Waals surface area contributed by atoms with Crippen molar-refractivity contribution in [2.45, 2.75) is 6.61 Å². The molecule has 1 N–H and O–H groups in total. The molecule has 0 saturated carbocycles. The van der Waals surface area contributed by atoms with Crippen LogP contribution in [0.4, 0.5) is 4.79 Å². The van der Waals surface area contributed by atoms with Gasteiger partial charge in [-0.2, -0.15) is 0 Å². The fraction of sp³-hybridized carbons (Fsp3) is 0.111. The normalized spacial score (nSPS) is 15.4. The summed E-state index contributed by atoms with van der Waals surface area (Å²) >= 11 is 3.14. The number of rotatable bonds is 5. The van der Waals surface area contributed by atoms with Crippen molar-refractivity contribution in [2.24, 2.45) is 0 Å². The molecule has 0 aromatic heterocycles. The molecule has 1 aliphatic rings. The van der Waals surface area contributed by atoms with Crippen molar-refractivity contribution >= 4 is 51.6 Å². The predicted molar refractivity (Wildman–Crippen MR) is 106 cm³/mol. The fourth-order valence-corrected chi connectivity index (χ4v) is 3.25. The summed E-state index contributed by atoms with van der Waals surface area (Å²) in [5, 5.41) is 1.87. The average Bonchev–Trinajstić information content (AvgIpc) is 2.92. The molecule has 1 saturated heterocycles. The zero-order chi connectivity index (χ0) is 17.8. The van der Waals surface area contributed by atoms with Gasteiger partial charge in [0.05, 0.1) is 12.0 Å². The van der Waals surface area contributed by atoms with E-state index in [-0.39, 0.29) is 11.1 Å². The summed E-state index contributed by atoms with van der Waals surface area (Å²) in [7, 11) is 1.56. The number of methoxy groups -OCH3 is 1. The van der Waals surface area contributed by atoms with Gasteiger partial charge in [-0.15, -0.1) is 0 Å². The number of imide groups is 1. The highest BCUT2D eigenvalue weighted by Gasteiger charge is 2.25. The van der Waals surface area contributed by atoms with E-state index in [1.807, 2.05) is 30.3 Å². The first-order chi connectivity index (χ1) is 12.0. The molecule has 0 unspecified atom stereocenters. The van der Waals surface area contributed by atoms with Crippen LogP contribution in [-0.4, -0.2) is 18.3 Å². The Bertz CT molecular complexity index is 849. The molecule has 2 aromatic rings. The van der Waals surface area contributed by atoms with Gasteiger partial charge in [-0.05, 0) is 75.8 Å². The van der Waals surface area contributed by atoms with Gasteiger partial charge in [-0.25, -0.2) is 0 Å². The number of benzene rings is 2. The lowest BCUT2D eigenvalue weighted by Crippen LogP contribution is -2.17. The average molecular weight is 467 g/mol. The Morgan fingerprint density at radius 3 is 2.52 bits per heavy atom. The fourth-order valence-electron chi connectivity index (χ4n) is 2.21. The Balaban J connectivity index is 1.75. The summed E-state index contributed by atoms with van der Waals surface area (Å²) < 4.78 is 12.4. The zero-order valence-electron chi connectivity index (χ0n) is 13.2. The van der Waals surface area contributed by atoms with E-state index in [9.17, 15) is 9.59 Å². The Kier molecular flexibility index (Phi) is 5.64. The maximum Gasteiger partial charge on any atom is 0.290 e. The van der Waals surface area contributed by atoms with Crippen LogP contribution >= 0.6 is 34.4 Å². The second-order valence-electron chi connectivity index (χ2n) is 5.18. The van der Waals surface area contributed by atoms with Gasteiger partial charge in [0.1, 0.15) is 6.61 Å². The van der Waals surface area contributed by atoms with Gasteiger partial charge < -0.3 is 9.47 Å². The molecule has 1 fully saturated rings. The van der Waals surface area contributed by atoms with E-state index in [1.165, 1.54) is 3.57 Å². The monoisotopic (exact) mass is 467 g/mol. The summed E-state index contributed by atoms with van der Waals surface area (Å²) in [6, 6.07) is 13.5. The second kappa shape index (κ2) is 7.92. The molecule has 7 heteroatoms. The van der Waals surface area contributed by atoms with Crippen LogP contribution in [-0.2, 0) is 11.4 Å². The van der Waals surface area contributed by atoms with E-state index in [0.717, 1.165) is 22.9 Å². The van der Waals surface area contributed by atoms with E-state index in [0.29, 0.717) is 23.0 Å². The van der Waals surface area contributed by atoms with E-state index < -0.39 is 0 Å². The third-order valence-electron chi connectivity index (χ3n) is 3.44. The number of halogens is 1. The Labute approximate surface area is 162 Å². The number of amides is 2. The van der Waals surface area contributed by atoms with Gasteiger partial charge in [-0.3, -0.25) is 14.9 Å². The lowest BCUT2D eigenvalue weighted by atomic mass is 10.2. The van der Waals surface area contributed by atoms with Crippen LogP contribution in [0.3, 0.4) is 0 Å². The van der Waals surface area contributed by atoms with E-state index in [2.05, 4.69) is 27.9 Å². The van der Waals surface area contributed by atoms with Crippen molar-refractivity contribution in [1.29, 1.82) is 0 Å². The van der Waals surface area contributed by atoms with E-state index in [4.69, 9.17) is 9.47 Å². The molecule has 5 nitrogen and oxygen atoms in total. The van der Waals surface area contributed by atoms with E-state index >= 15 is 0 Å². The van der Waals surface area contributed by atoms with Crippen molar-refractivity contribution in [2.75, 3.05) is 7.11 Å². The van der Waals surface area contributed by atoms with Crippen molar-refractivity contribution in [1.82, 2.24) is 5.32 Å². The van der Waals surface area contributed by atoms with Crippen LogP contribution in [0.2, 0.25) is 0 Å². The van der Waals surface area contributed by atoms with Gasteiger partial charge in [-0.1, -0.05) is 18.2 Å². The molecule has 128 valence electrons. The first-order valence-electron chi connectivity index (χ1n) is 7.35. The van der Waals surface area contributed by atoms with Crippen molar-refractivity contribution in [3.05, 3.63) is 62.1 Å². The van der Waals surface area contributed by atoms with Crippen molar-refractivity contribution in [3.63, 3.8) is 0 Å². The summed E-state index contributed by atoms with van der Waals surface area (Å²) in [6.45, 7) is 0.431. The lowest BCUT2D eigenvalue weighted by molar-refractivity contribution is -0.115. The number of thioether (sulfide) groups is 1. The van der Waals surface area contributed by atoms with Crippen LogP contribution in [0.15, 0.2) is 47.4 Å². The molecular formula is C18H14INO4S. The summed E-state index contributed by atoms with van der Waals surface area (Å²) in [4.78, 5) is 23.2. The van der Waals surface area contributed by atoms with Crippen LogP contribution in [0.25, 0.3) is 6.08 Å². The topological polar surface area (TPSA) is 64.6 Å². The van der Waals surface area contributed by atoms with Gasteiger partial charge >= 0.3 is 0 Å². The maximum absolute atomic E-state index is 11.6. The summed E-state index contributed by atoms with van der Waals surface area (Å²) in [6.07, 6.45) is 1.65. The zero-order valence-corrected chi connectivity index (χ0v) is 16.2. The smallest absolute Gasteiger partial charge is 0.290 e. The molecule has 0 bridgehead atoms. The number of hydrogen-bond donors (Lipinski definition) is 1. The first kappa shape index (κ1) is 17.8. The third kappa shape index (κ3) is 4.55. The minimum atomic E-state index is -0.381. The van der Waals surface area contributed by atoms with Gasteiger partial charge in [0.2, 0.25) is 0 Å². The Morgan fingerprint density at radius 1 is 1.12 bits per heavy atom. The predicted octanol–water partition coefficient (Wildman–Crippen LogP) is 4.20. The van der Waals surface area contributed by atoms with Gasteiger partial charge in [0.25, 0.3) is 11.1 Å². The molecule has 0 spiro atoms. The molecule has 1 heterocycles. The van der Waals surface area contributed by atoms with Gasteiger partial charge in [0.15, 0.2) is 11.5 Å². The maximum atomic E-state index is 11.6. The molecule has 1 aliphatic heterocycles. The standard InChI is InChI=1S/C18H14INO4S/c1-23-15-8-12(9-16-17(21)20-18(22)25-16)4-7-14(15)24-10-11-2-5-13(19)6-3-11/h2-9H,10H2,1H3,(H,20,21,22)/b16-9+. The van der Waals surface area contributed by atoms with Crippen molar-refractivity contribution < 1.29 is 19.1 Å². The molecule has 2 aromatic carbocycles. The number of ether oxygens (including phenoxy) is 2. The van der Waals surface area contributed by atoms with E-state index in [1.54, 1.807) is 25.3 Å². The number of carbonyl (C=O) groups is 2. The molecular weight excluding hydrogens is 453 g/mol. The Morgan fingerprint density at radius 2 is 1.88 bits per heavy atom. The molecule has 3 rings (SSSR count). The largest absolute Gasteiger partial charge is 0.493 e. The SMILES string of the molecule is COc1cc(/C=C2/SC(=O)NC2=O)ccc1OCc1ccc(I)cc1. The van der Waals surface area contributed by atoms with Crippen LogP contribution < -0.4 is 14.8 Å². The molecule has 0 atom stereocenters. The molecule has 0 aliphatic carbocycles. The third-order valence-corrected chi connectivity index (χ3v) is 4.96. The molecule has 0 radical (unpaired) electrons. The van der Waals surface area contributed by atoms with Crippen molar-refractivity contribution in [3.8, 4) is 11.5 Å². The highest BCUT2D eigenvalue weighted by Crippen LogP contribution is 2.32. The number of nitrogens with one attached hydrogen (secondary N) is 1. The summed E-state index contributed by atoms with van der Waals surface area (Å²) in [5.41, 5.74) is 1.82. The second-order valence-corrected chi connectivity index (χ2v) is 7.44. The molecule has 25 heavy (non-hydrogen) atoms. The highest BCUT2D eigenvalue weighted by molar-refractivity contribution is 14.1. The Hall–Kier alpha value is -2.00. The lowest BCUT2D eigenvalue weighted by Gasteiger charge is -2.11. The minimum Gasteiger partial charge on any atom is -0.493 e. The van der Waals surface area contributed by atoms with Crippen LogP contribution in [0.1, 0.15) is 11.1 Å². The van der Waals surface area contributed by atoms with Crippen LogP contribution in [0.5, 0.6) is 11.5 Å². The number of carbonyl (C=O) groups excluding carboxylic acids is 2. The minimum absolute atomic E-state index is 0.360. The van der Waals surface area contributed by atoms with Crippen LogP contribution in [0, 0.1) is 3.57 Å².